The number of nitrogens with one attached hydrogen (secondary N) is 1. The third kappa shape index (κ3) is 2.45. The molecule has 0 fully saturated rings. The Kier molecular flexibility index (Phi) is 3.88. The fourth-order valence-electron chi connectivity index (χ4n) is 0.941. The number of methoxy groups -OCH3 is 1. The maximum absolute atomic E-state index is 11.5. The van der Waals surface area contributed by atoms with E-state index in [4.69, 9.17) is 4.74 Å². The molecule has 1 amide bonds. The average Bonchev–Trinajstić information content (AvgIpc) is 2.19. The average molecular weight is 259 g/mol. The van der Waals surface area contributed by atoms with Crippen LogP contribution in [0.5, 0.6) is 5.88 Å². The van der Waals surface area contributed by atoms with Gasteiger partial charge in [-0.1, -0.05) is 0 Å². The van der Waals surface area contributed by atoms with Crippen molar-refractivity contribution in [3.8, 4) is 5.88 Å². The van der Waals surface area contributed by atoms with Gasteiger partial charge in [-0.3, -0.25) is 4.79 Å². The molecule has 0 saturated heterocycles. The highest BCUT2D eigenvalue weighted by atomic mass is 79.9. The molecule has 0 atom stereocenters. The fourth-order valence-corrected chi connectivity index (χ4v) is 1.34. The monoisotopic (exact) mass is 258 g/mol. The molecule has 0 aliphatic rings. The van der Waals surface area contributed by atoms with Gasteiger partial charge in [-0.2, -0.15) is 0 Å². The summed E-state index contributed by atoms with van der Waals surface area (Å²) in [6.07, 6.45) is 0. The molecule has 14 heavy (non-hydrogen) atoms. The zero-order chi connectivity index (χ0) is 10.6. The predicted molar refractivity (Wildman–Crippen MR) is 56.5 cm³/mol. The van der Waals surface area contributed by atoms with Crippen LogP contribution in [0, 0.1) is 0 Å². The van der Waals surface area contributed by atoms with Crippen LogP contribution in [0.2, 0.25) is 0 Å². The van der Waals surface area contributed by atoms with Crippen LogP contribution in [-0.4, -0.2) is 24.5 Å². The number of hydrogen-bond donors (Lipinski definition) is 1. The molecule has 0 spiro atoms. The molecule has 5 heteroatoms. The molecule has 0 aliphatic heterocycles. The van der Waals surface area contributed by atoms with E-state index in [0.29, 0.717) is 22.6 Å². The number of pyridine rings is 1. The SMILES string of the molecule is CCNC(=O)c1nc(OC)ccc1Br. The number of halogens is 1. The Hall–Kier alpha value is -1.10. The Labute approximate surface area is 90.8 Å². The second-order valence-electron chi connectivity index (χ2n) is 2.54. The first-order valence-electron chi connectivity index (χ1n) is 4.17. The Morgan fingerprint density at radius 1 is 1.64 bits per heavy atom. The van der Waals surface area contributed by atoms with Gasteiger partial charge in [0.05, 0.1) is 7.11 Å². The fraction of sp³-hybridized carbons (Fsp3) is 0.333. The molecule has 1 heterocycles. The molecular formula is C9H11BrN2O2. The standard InChI is InChI=1S/C9H11BrN2O2/c1-3-11-9(13)8-6(10)4-5-7(12-8)14-2/h4-5H,3H2,1-2H3,(H,11,13). The third-order valence-electron chi connectivity index (χ3n) is 1.58. The molecule has 4 nitrogen and oxygen atoms in total. The van der Waals surface area contributed by atoms with Crippen molar-refractivity contribution in [3.63, 3.8) is 0 Å². The molecule has 0 radical (unpaired) electrons. The summed E-state index contributed by atoms with van der Waals surface area (Å²) in [7, 11) is 1.51. The van der Waals surface area contributed by atoms with Crippen LogP contribution >= 0.6 is 15.9 Å². The van der Waals surface area contributed by atoms with Crippen LogP contribution in [0.15, 0.2) is 16.6 Å². The van der Waals surface area contributed by atoms with E-state index in [9.17, 15) is 4.79 Å². The van der Waals surface area contributed by atoms with Crippen LogP contribution in [-0.2, 0) is 0 Å². The van der Waals surface area contributed by atoms with Crippen molar-refractivity contribution in [2.24, 2.45) is 0 Å². The molecule has 0 bridgehead atoms. The van der Waals surface area contributed by atoms with Crippen LogP contribution in [0.4, 0.5) is 0 Å². The maximum atomic E-state index is 11.5. The molecule has 1 aromatic heterocycles. The van der Waals surface area contributed by atoms with Crippen LogP contribution in [0.1, 0.15) is 17.4 Å². The van der Waals surface area contributed by atoms with Gasteiger partial charge in [0.2, 0.25) is 5.88 Å². The lowest BCUT2D eigenvalue weighted by molar-refractivity contribution is 0.0949. The molecule has 1 N–H and O–H groups in total. The van der Waals surface area contributed by atoms with Crippen molar-refractivity contribution >= 4 is 21.8 Å². The summed E-state index contributed by atoms with van der Waals surface area (Å²) in [5.74, 6) is 0.215. The van der Waals surface area contributed by atoms with Gasteiger partial charge in [0.1, 0.15) is 5.69 Å². The van der Waals surface area contributed by atoms with E-state index in [0.717, 1.165) is 0 Å². The van der Waals surface area contributed by atoms with E-state index < -0.39 is 0 Å². The van der Waals surface area contributed by atoms with Gasteiger partial charge in [-0.05, 0) is 28.9 Å². The van der Waals surface area contributed by atoms with Gasteiger partial charge in [0, 0.05) is 17.1 Å². The minimum Gasteiger partial charge on any atom is -0.481 e. The first-order valence-corrected chi connectivity index (χ1v) is 4.97. The van der Waals surface area contributed by atoms with Crippen LogP contribution in [0.3, 0.4) is 0 Å². The topological polar surface area (TPSA) is 51.2 Å². The summed E-state index contributed by atoms with van der Waals surface area (Å²) in [6, 6.07) is 3.42. The first kappa shape index (κ1) is 11.0. The lowest BCUT2D eigenvalue weighted by Crippen LogP contribution is -2.24. The predicted octanol–water partition coefficient (Wildman–Crippen LogP) is 1.60. The van der Waals surface area contributed by atoms with Gasteiger partial charge in [0.25, 0.3) is 5.91 Å². The number of amides is 1. The van der Waals surface area contributed by atoms with Crippen molar-refractivity contribution in [1.29, 1.82) is 0 Å². The summed E-state index contributed by atoms with van der Waals surface area (Å²) in [6.45, 7) is 2.43. The molecule has 0 aliphatic carbocycles. The van der Waals surface area contributed by atoms with Crippen LogP contribution in [0.25, 0.3) is 0 Å². The van der Waals surface area contributed by atoms with E-state index in [1.165, 1.54) is 7.11 Å². The Morgan fingerprint density at radius 3 is 2.93 bits per heavy atom. The largest absolute Gasteiger partial charge is 0.481 e. The van der Waals surface area contributed by atoms with E-state index in [2.05, 4.69) is 26.2 Å². The Morgan fingerprint density at radius 2 is 2.36 bits per heavy atom. The van der Waals surface area contributed by atoms with Crippen molar-refractivity contribution in [3.05, 3.63) is 22.3 Å². The molecule has 1 rings (SSSR count). The van der Waals surface area contributed by atoms with E-state index in [-0.39, 0.29) is 5.91 Å². The maximum Gasteiger partial charge on any atom is 0.271 e. The first-order chi connectivity index (χ1) is 6.69. The summed E-state index contributed by atoms with van der Waals surface area (Å²) < 4.78 is 5.58. The van der Waals surface area contributed by atoms with E-state index in [1.54, 1.807) is 12.1 Å². The van der Waals surface area contributed by atoms with Crippen molar-refractivity contribution < 1.29 is 9.53 Å². The van der Waals surface area contributed by atoms with Gasteiger partial charge in [0.15, 0.2) is 0 Å². The lowest BCUT2D eigenvalue weighted by atomic mass is 10.3. The number of rotatable bonds is 3. The van der Waals surface area contributed by atoms with E-state index >= 15 is 0 Å². The van der Waals surface area contributed by atoms with Gasteiger partial charge in [-0.25, -0.2) is 4.98 Å². The quantitative estimate of drug-likeness (QED) is 0.897. The smallest absolute Gasteiger partial charge is 0.271 e. The van der Waals surface area contributed by atoms with Gasteiger partial charge < -0.3 is 10.1 Å². The zero-order valence-electron chi connectivity index (χ0n) is 8.00. The van der Waals surface area contributed by atoms with Gasteiger partial charge >= 0.3 is 0 Å². The third-order valence-corrected chi connectivity index (χ3v) is 2.22. The number of carbonyl (C=O) groups excluding carboxylic acids is 1. The highest BCUT2D eigenvalue weighted by Gasteiger charge is 2.11. The van der Waals surface area contributed by atoms with Crippen molar-refractivity contribution in [2.45, 2.75) is 6.92 Å². The zero-order valence-corrected chi connectivity index (χ0v) is 9.59. The number of carbonyl (C=O) groups is 1. The van der Waals surface area contributed by atoms with E-state index in [1.807, 2.05) is 6.92 Å². The van der Waals surface area contributed by atoms with Crippen molar-refractivity contribution in [1.82, 2.24) is 10.3 Å². The minimum atomic E-state index is -0.210. The molecule has 0 unspecified atom stereocenters. The lowest BCUT2D eigenvalue weighted by Gasteiger charge is -2.05. The summed E-state index contributed by atoms with van der Waals surface area (Å²) in [4.78, 5) is 15.5. The number of hydrogen-bond acceptors (Lipinski definition) is 3. The highest BCUT2D eigenvalue weighted by Crippen LogP contribution is 2.18. The second kappa shape index (κ2) is 4.95. The van der Waals surface area contributed by atoms with Crippen molar-refractivity contribution in [2.75, 3.05) is 13.7 Å². The number of nitrogens with zero attached hydrogens (tertiary/aromatic N) is 1. The number of ether oxygens (including phenoxy) is 1. The summed E-state index contributed by atoms with van der Waals surface area (Å²) in [5, 5.41) is 2.67. The molecular weight excluding hydrogens is 248 g/mol. The number of aromatic nitrogens is 1. The van der Waals surface area contributed by atoms with Gasteiger partial charge in [-0.15, -0.1) is 0 Å². The Balaban J connectivity index is 2.99. The summed E-state index contributed by atoms with van der Waals surface area (Å²) >= 11 is 3.25. The normalized spacial score (nSPS) is 9.64. The second-order valence-corrected chi connectivity index (χ2v) is 3.40. The molecule has 0 aromatic carbocycles. The Bertz CT molecular complexity index is 342. The molecule has 76 valence electrons. The van der Waals surface area contributed by atoms with Crippen LogP contribution < -0.4 is 10.1 Å². The molecule has 1 aromatic rings. The minimum absolute atomic E-state index is 0.210. The summed E-state index contributed by atoms with van der Waals surface area (Å²) in [5.41, 5.74) is 0.339. The molecule has 0 saturated carbocycles. The highest BCUT2D eigenvalue weighted by molar-refractivity contribution is 9.10.